The molecule has 0 atom stereocenters. The SMILES string of the molecule is N#Cc1nc2ccc(COc3cccc(OCc4ccc5ccccc5n4)c3)cc2o1. The minimum absolute atomic E-state index is 0.0545. The van der Waals surface area contributed by atoms with E-state index in [9.17, 15) is 0 Å². The second-order valence-corrected chi connectivity index (χ2v) is 6.98. The second kappa shape index (κ2) is 8.17. The summed E-state index contributed by atoms with van der Waals surface area (Å²) in [5, 5.41) is 10.0. The number of benzene rings is 3. The van der Waals surface area contributed by atoms with E-state index in [0.29, 0.717) is 35.8 Å². The van der Waals surface area contributed by atoms with Crippen LogP contribution in [0.3, 0.4) is 0 Å². The van der Waals surface area contributed by atoms with Gasteiger partial charge in [-0.3, -0.25) is 0 Å². The summed E-state index contributed by atoms with van der Waals surface area (Å²) in [6.45, 7) is 0.728. The fourth-order valence-corrected chi connectivity index (χ4v) is 3.27. The Hall–Kier alpha value is -4.37. The van der Waals surface area contributed by atoms with E-state index >= 15 is 0 Å². The number of aromatic nitrogens is 2. The second-order valence-electron chi connectivity index (χ2n) is 6.98. The van der Waals surface area contributed by atoms with Gasteiger partial charge in [-0.1, -0.05) is 36.4 Å². The Labute approximate surface area is 178 Å². The van der Waals surface area contributed by atoms with Crippen molar-refractivity contribution in [2.75, 3.05) is 0 Å². The number of oxazole rings is 1. The van der Waals surface area contributed by atoms with Crippen LogP contribution in [0.5, 0.6) is 11.5 Å². The van der Waals surface area contributed by atoms with E-state index in [4.69, 9.17) is 19.2 Å². The number of hydrogen-bond donors (Lipinski definition) is 0. The van der Waals surface area contributed by atoms with Crippen molar-refractivity contribution in [1.29, 1.82) is 5.26 Å². The number of hydrogen-bond acceptors (Lipinski definition) is 6. The molecule has 150 valence electrons. The van der Waals surface area contributed by atoms with Crippen molar-refractivity contribution in [3.8, 4) is 17.6 Å². The van der Waals surface area contributed by atoms with Crippen molar-refractivity contribution in [2.24, 2.45) is 0 Å². The summed E-state index contributed by atoms with van der Waals surface area (Å²) in [6, 6.07) is 27.0. The molecule has 5 aromatic rings. The highest BCUT2D eigenvalue weighted by Gasteiger charge is 2.07. The third-order valence-corrected chi connectivity index (χ3v) is 4.80. The van der Waals surface area contributed by atoms with Crippen LogP contribution >= 0.6 is 0 Å². The Balaban J connectivity index is 1.24. The van der Waals surface area contributed by atoms with Gasteiger partial charge in [0.25, 0.3) is 0 Å². The molecule has 5 rings (SSSR count). The average molecular weight is 407 g/mol. The van der Waals surface area contributed by atoms with Gasteiger partial charge in [0.1, 0.15) is 30.2 Å². The molecular formula is C25H17N3O3. The molecule has 0 amide bonds. The van der Waals surface area contributed by atoms with E-state index in [1.54, 1.807) is 0 Å². The van der Waals surface area contributed by atoms with Gasteiger partial charge in [-0.25, -0.2) is 4.98 Å². The van der Waals surface area contributed by atoms with E-state index in [1.165, 1.54) is 0 Å². The molecule has 0 aliphatic rings. The fourth-order valence-electron chi connectivity index (χ4n) is 3.27. The minimum Gasteiger partial charge on any atom is -0.489 e. The lowest BCUT2D eigenvalue weighted by Crippen LogP contribution is -1.99. The van der Waals surface area contributed by atoms with E-state index in [1.807, 2.05) is 84.9 Å². The highest BCUT2D eigenvalue weighted by Crippen LogP contribution is 2.23. The zero-order chi connectivity index (χ0) is 21.0. The zero-order valence-electron chi connectivity index (χ0n) is 16.5. The Kier molecular flexibility index (Phi) is 4.91. The highest BCUT2D eigenvalue weighted by molar-refractivity contribution is 5.78. The Morgan fingerprint density at radius 2 is 1.61 bits per heavy atom. The van der Waals surface area contributed by atoms with Crippen LogP contribution in [0.1, 0.15) is 17.1 Å². The van der Waals surface area contributed by atoms with E-state index in [-0.39, 0.29) is 5.89 Å². The van der Waals surface area contributed by atoms with Crippen LogP contribution in [0.2, 0.25) is 0 Å². The van der Waals surface area contributed by atoms with Crippen LogP contribution in [0.15, 0.2) is 83.3 Å². The lowest BCUT2D eigenvalue weighted by Gasteiger charge is -2.10. The number of ether oxygens (including phenoxy) is 2. The predicted molar refractivity (Wildman–Crippen MR) is 116 cm³/mol. The summed E-state index contributed by atoms with van der Waals surface area (Å²) in [4.78, 5) is 8.71. The van der Waals surface area contributed by atoms with Crippen molar-refractivity contribution in [1.82, 2.24) is 9.97 Å². The average Bonchev–Trinajstić information content (AvgIpc) is 3.24. The lowest BCUT2D eigenvalue weighted by molar-refractivity contribution is 0.288. The van der Waals surface area contributed by atoms with E-state index < -0.39 is 0 Å². The molecule has 0 aliphatic heterocycles. The molecule has 0 fully saturated rings. The smallest absolute Gasteiger partial charge is 0.301 e. The molecule has 0 saturated heterocycles. The molecule has 0 bridgehead atoms. The molecular weight excluding hydrogens is 390 g/mol. The molecule has 2 heterocycles. The van der Waals surface area contributed by atoms with Gasteiger partial charge in [-0.05, 0) is 42.0 Å². The molecule has 0 saturated carbocycles. The van der Waals surface area contributed by atoms with Crippen LogP contribution in [0.25, 0.3) is 22.0 Å². The lowest BCUT2D eigenvalue weighted by atomic mass is 10.2. The van der Waals surface area contributed by atoms with Crippen molar-refractivity contribution in [2.45, 2.75) is 13.2 Å². The molecule has 0 unspecified atom stereocenters. The van der Waals surface area contributed by atoms with Gasteiger partial charge < -0.3 is 13.9 Å². The van der Waals surface area contributed by atoms with Crippen LogP contribution in [-0.2, 0) is 13.2 Å². The molecule has 0 aliphatic carbocycles. The summed E-state index contributed by atoms with van der Waals surface area (Å²) in [7, 11) is 0. The van der Waals surface area contributed by atoms with Crippen LogP contribution in [0.4, 0.5) is 0 Å². The largest absolute Gasteiger partial charge is 0.489 e. The van der Waals surface area contributed by atoms with Gasteiger partial charge in [-0.15, -0.1) is 0 Å². The zero-order valence-corrected chi connectivity index (χ0v) is 16.5. The topological polar surface area (TPSA) is 81.2 Å². The Morgan fingerprint density at radius 3 is 2.48 bits per heavy atom. The fraction of sp³-hybridized carbons (Fsp3) is 0.0800. The Morgan fingerprint density at radius 1 is 0.774 bits per heavy atom. The number of para-hydroxylation sites is 1. The predicted octanol–water partition coefficient (Wildman–Crippen LogP) is 5.41. The number of nitrogens with zero attached hydrogens (tertiary/aromatic N) is 3. The monoisotopic (exact) mass is 407 g/mol. The maximum Gasteiger partial charge on any atom is 0.301 e. The maximum atomic E-state index is 8.90. The molecule has 0 spiro atoms. The molecule has 3 aromatic carbocycles. The van der Waals surface area contributed by atoms with Gasteiger partial charge in [0.05, 0.1) is 11.2 Å². The molecule has 0 radical (unpaired) electrons. The first kappa shape index (κ1) is 18.6. The summed E-state index contributed by atoms with van der Waals surface area (Å²) >= 11 is 0. The third kappa shape index (κ3) is 4.16. The minimum atomic E-state index is 0.0545. The first-order chi connectivity index (χ1) is 15.3. The Bertz CT molecular complexity index is 1420. The van der Waals surface area contributed by atoms with Crippen LogP contribution in [-0.4, -0.2) is 9.97 Å². The molecule has 2 aromatic heterocycles. The quantitative estimate of drug-likeness (QED) is 0.375. The molecule has 6 heteroatoms. The normalized spacial score (nSPS) is 10.8. The van der Waals surface area contributed by atoms with E-state index in [2.05, 4.69) is 9.97 Å². The van der Waals surface area contributed by atoms with E-state index in [0.717, 1.165) is 22.2 Å². The van der Waals surface area contributed by atoms with Gasteiger partial charge in [-0.2, -0.15) is 10.2 Å². The third-order valence-electron chi connectivity index (χ3n) is 4.80. The summed E-state index contributed by atoms with van der Waals surface area (Å²) in [5.41, 5.74) is 3.95. The highest BCUT2D eigenvalue weighted by atomic mass is 16.5. The van der Waals surface area contributed by atoms with Gasteiger partial charge in [0.2, 0.25) is 0 Å². The van der Waals surface area contributed by atoms with Crippen molar-refractivity contribution in [3.63, 3.8) is 0 Å². The maximum absolute atomic E-state index is 8.90. The standard InChI is InChI=1S/C25H17N3O3/c26-14-25-28-23-11-8-17(12-24(23)31-25)15-29-20-5-3-6-21(13-20)30-16-19-10-9-18-4-1-2-7-22(18)27-19/h1-13H,15-16H2. The first-order valence-electron chi connectivity index (χ1n) is 9.77. The van der Waals surface area contributed by atoms with Gasteiger partial charge >= 0.3 is 5.89 Å². The summed E-state index contributed by atoms with van der Waals surface area (Å²) in [6.07, 6.45) is 0. The molecule has 0 N–H and O–H groups in total. The van der Waals surface area contributed by atoms with Crippen LogP contribution < -0.4 is 9.47 Å². The van der Waals surface area contributed by atoms with Crippen LogP contribution in [0, 0.1) is 11.3 Å². The molecule has 6 nitrogen and oxygen atoms in total. The number of pyridine rings is 1. The number of nitriles is 1. The summed E-state index contributed by atoms with van der Waals surface area (Å²) < 4.78 is 17.2. The van der Waals surface area contributed by atoms with Gasteiger partial charge in [0.15, 0.2) is 11.7 Å². The van der Waals surface area contributed by atoms with Crippen molar-refractivity contribution < 1.29 is 13.9 Å². The van der Waals surface area contributed by atoms with Crippen molar-refractivity contribution >= 4 is 22.0 Å². The first-order valence-corrected chi connectivity index (χ1v) is 9.77. The number of rotatable bonds is 6. The summed E-state index contributed by atoms with van der Waals surface area (Å²) in [5.74, 6) is 1.45. The van der Waals surface area contributed by atoms with Gasteiger partial charge in [0, 0.05) is 11.5 Å². The van der Waals surface area contributed by atoms with Crippen molar-refractivity contribution in [3.05, 3.63) is 96.0 Å². The molecule has 31 heavy (non-hydrogen) atoms. The number of fused-ring (bicyclic) bond motifs is 2.